The van der Waals surface area contributed by atoms with Crippen molar-refractivity contribution in [3.63, 3.8) is 0 Å². The fourth-order valence-electron chi connectivity index (χ4n) is 0.738. The van der Waals surface area contributed by atoms with E-state index in [1.54, 1.807) is 18.4 Å². The van der Waals surface area contributed by atoms with Crippen molar-refractivity contribution in [1.29, 1.82) is 0 Å². The van der Waals surface area contributed by atoms with Gasteiger partial charge in [-0.2, -0.15) is 8.75 Å². The van der Waals surface area contributed by atoms with Crippen LogP contribution in [-0.4, -0.2) is 8.75 Å². The van der Waals surface area contributed by atoms with Crippen LogP contribution in [0.25, 0.3) is 11.5 Å². The highest BCUT2D eigenvalue weighted by Crippen LogP contribution is 2.25. The van der Waals surface area contributed by atoms with E-state index in [1.807, 2.05) is 0 Å². The maximum Gasteiger partial charge on any atom is 0.174 e. The van der Waals surface area contributed by atoms with E-state index >= 15 is 0 Å². The average molecular weight is 187 g/mol. The highest BCUT2D eigenvalue weighted by molar-refractivity contribution is 6.99. The summed E-state index contributed by atoms with van der Waals surface area (Å²) in [5.41, 5.74) is 0.613. The van der Waals surface area contributed by atoms with Crippen LogP contribution in [0.15, 0.2) is 22.8 Å². The van der Waals surface area contributed by atoms with Crippen molar-refractivity contribution < 1.29 is 4.42 Å². The summed E-state index contributed by atoms with van der Waals surface area (Å²) in [5.74, 6) is 0.656. The molecule has 0 radical (unpaired) electrons. The van der Waals surface area contributed by atoms with Crippen LogP contribution in [0.5, 0.6) is 0 Å². The molecule has 0 amide bonds. The van der Waals surface area contributed by atoms with Crippen molar-refractivity contribution in [3.8, 4) is 11.5 Å². The van der Waals surface area contributed by atoms with Gasteiger partial charge in [0, 0.05) is 0 Å². The molecule has 2 rings (SSSR count). The van der Waals surface area contributed by atoms with Gasteiger partial charge in [-0.1, -0.05) is 11.6 Å². The van der Waals surface area contributed by atoms with Crippen molar-refractivity contribution in [2.24, 2.45) is 0 Å². The van der Waals surface area contributed by atoms with Gasteiger partial charge in [-0.25, -0.2) is 0 Å². The molecule has 0 saturated heterocycles. The molecule has 0 aliphatic heterocycles. The highest BCUT2D eigenvalue weighted by atomic mass is 35.5. The summed E-state index contributed by atoms with van der Waals surface area (Å²) in [6.45, 7) is 0. The molecule has 56 valence electrons. The Labute approximate surface area is 71.9 Å². The van der Waals surface area contributed by atoms with Gasteiger partial charge < -0.3 is 4.42 Å². The second kappa shape index (κ2) is 2.64. The molecule has 0 spiro atoms. The molecule has 0 aliphatic carbocycles. The normalized spacial score (nSPS) is 10.3. The zero-order chi connectivity index (χ0) is 7.68. The molecule has 0 atom stereocenters. The first-order valence-electron chi connectivity index (χ1n) is 2.90. The van der Waals surface area contributed by atoms with Crippen molar-refractivity contribution in [2.75, 3.05) is 0 Å². The molecule has 11 heavy (non-hydrogen) atoms. The second-order valence-electron chi connectivity index (χ2n) is 1.88. The van der Waals surface area contributed by atoms with E-state index in [2.05, 4.69) is 8.75 Å². The predicted octanol–water partition coefficient (Wildman–Crippen LogP) is 2.45. The van der Waals surface area contributed by atoms with Crippen LogP contribution < -0.4 is 0 Å². The van der Waals surface area contributed by atoms with Crippen molar-refractivity contribution >= 4 is 23.3 Å². The van der Waals surface area contributed by atoms with Crippen molar-refractivity contribution in [2.45, 2.75) is 0 Å². The van der Waals surface area contributed by atoms with E-state index in [0.717, 1.165) is 11.7 Å². The minimum absolute atomic E-state index is 0.393. The second-order valence-corrected chi connectivity index (χ2v) is 2.77. The maximum absolute atomic E-state index is 5.71. The minimum atomic E-state index is 0.393. The Morgan fingerprint density at radius 2 is 2.36 bits per heavy atom. The molecular formula is C6H3ClN2OS. The lowest BCUT2D eigenvalue weighted by atomic mass is 10.4. The summed E-state index contributed by atoms with van der Waals surface area (Å²) in [6.07, 6.45) is 1.57. The Kier molecular flexibility index (Phi) is 1.63. The Hall–Kier alpha value is -0.870. The van der Waals surface area contributed by atoms with E-state index in [-0.39, 0.29) is 0 Å². The summed E-state index contributed by atoms with van der Waals surface area (Å²) in [7, 11) is 0. The third kappa shape index (κ3) is 1.15. The average Bonchev–Trinajstić information content (AvgIpc) is 2.55. The first-order valence-corrected chi connectivity index (χ1v) is 4.00. The van der Waals surface area contributed by atoms with Crippen LogP contribution in [0.2, 0.25) is 5.15 Å². The molecule has 0 N–H and O–H groups in total. The van der Waals surface area contributed by atoms with E-state index in [0.29, 0.717) is 16.6 Å². The van der Waals surface area contributed by atoms with Crippen LogP contribution in [-0.2, 0) is 0 Å². The summed E-state index contributed by atoms with van der Waals surface area (Å²) in [4.78, 5) is 0. The third-order valence-electron chi connectivity index (χ3n) is 1.20. The highest BCUT2D eigenvalue weighted by Gasteiger charge is 2.09. The predicted molar refractivity (Wildman–Crippen MR) is 42.6 cm³/mol. The molecule has 5 heteroatoms. The van der Waals surface area contributed by atoms with Gasteiger partial charge in [0.05, 0.1) is 18.0 Å². The zero-order valence-corrected chi connectivity index (χ0v) is 6.89. The summed E-state index contributed by atoms with van der Waals surface area (Å²) >= 11 is 6.78. The zero-order valence-electron chi connectivity index (χ0n) is 5.32. The maximum atomic E-state index is 5.71. The van der Waals surface area contributed by atoms with E-state index < -0.39 is 0 Å². The Morgan fingerprint density at radius 1 is 1.45 bits per heavy atom. The lowest BCUT2D eigenvalue weighted by Gasteiger charge is -1.85. The van der Waals surface area contributed by atoms with Gasteiger partial charge in [-0.05, 0) is 12.1 Å². The molecule has 3 nitrogen and oxygen atoms in total. The van der Waals surface area contributed by atoms with Gasteiger partial charge >= 0.3 is 0 Å². The van der Waals surface area contributed by atoms with Gasteiger partial charge in [-0.3, -0.25) is 0 Å². The molecule has 2 aromatic heterocycles. The quantitative estimate of drug-likeness (QED) is 0.687. The van der Waals surface area contributed by atoms with Gasteiger partial charge in [0.2, 0.25) is 0 Å². The number of aromatic nitrogens is 2. The van der Waals surface area contributed by atoms with Gasteiger partial charge in [0.1, 0.15) is 0 Å². The van der Waals surface area contributed by atoms with Crippen LogP contribution in [0.1, 0.15) is 0 Å². The number of nitrogens with zero attached hydrogens (tertiary/aromatic N) is 2. The molecule has 0 bridgehead atoms. The molecule has 0 aliphatic rings. The first kappa shape index (κ1) is 6.82. The monoisotopic (exact) mass is 186 g/mol. The Morgan fingerprint density at radius 3 is 2.91 bits per heavy atom. The summed E-state index contributed by atoms with van der Waals surface area (Å²) in [6, 6.07) is 3.58. The number of hydrogen-bond acceptors (Lipinski definition) is 4. The number of rotatable bonds is 1. The van der Waals surface area contributed by atoms with Crippen LogP contribution in [0.4, 0.5) is 0 Å². The molecule has 0 unspecified atom stereocenters. The molecule has 2 heterocycles. The number of furan rings is 1. The standard InChI is InChI=1S/C6H3ClN2OS/c7-6-5(8-11-9-6)4-2-1-3-10-4/h1-3H. The first-order chi connectivity index (χ1) is 5.38. The van der Waals surface area contributed by atoms with E-state index in [1.165, 1.54) is 0 Å². The topological polar surface area (TPSA) is 38.9 Å². The number of hydrogen-bond donors (Lipinski definition) is 0. The van der Waals surface area contributed by atoms with Crippen LogP contribution >= 0.6 is 23.3 Å². The minimum Gasteiger partial charge on any atom is -0.463 e. The smallest absolute Gasteiger partial charge is 0.174 e. The molecule has 0 fully saturated rings. The SMILES string of the molecule is Clc1nsnc1-c1ccco1. The largest absolute Gasteiger partial charge is 0.463 e. The van der Waals surface area contributed by atoms with Crippen molar-refractivity contribution in [1.82, 2.24) is 8.75 Å². The molecular weight excluding hydrogens is 184 g/mol. The Balaban J connectivity index is 2.53. The van der Waals surface area contributed by atoms with E-state index in [9.17, 15) is 0 Å². The van der Waals surface area contributed by atoms with Crippen LogP contribution in [0.3, 0.4) is 0 Å². The lowest BCUT2D eigenvalue weighted by Crippen LogP contribution is -1.71. The lowest BCUT2D eigenvalue weighted by molar-refractivity contribution is 0.581. The fourth-order valence-corrected chi connectivity index (χ4v) is 1.47. The van der Waals surface area contributed by atoms with E-state index in [4.69, 9.17) is 16.0 Å². The van der Waals surface area contributed by atoms with Gasteiger partial charge in [0.25, 0.3) is 0 Å². The molecule has 0 saturated carbocycles. The molecule has 2 aromatic rings. The van der Waals surface area contributed by atoms with Crippen molar-refractivity contribution in [3.05, 3.63) is 23.5 Å². The van der Waals surface area contributed by atoms with Gasteiger partial charge in [-0.15, -0.1) is 0 Å². The summed E-state index contributed by atoms with van der Waals surface area (Å²) in [5, 5.41) is 0.393. The van der Waals surface area contributed by atoms with Gasteiger partial charge in [0.15, 0.2) is 16.6 Å². The number of halogens is 1. The summed E-state index contributed by atoms with van der Waals surface area (Å²) < 4.78 is 12.9. The third-order valence-corrected chi connectivity index (χ3v) is 2.10. The Bertz CT molecular complexity index is 343. The molecule has 0 aromatic carbocycles. The van der Waals surface area contributed by atoms with Crippen LogP contribution in [0, 0.1) is 0 Å². The fraction of sp³-hybridized carbons (Fsp3) is 0.